The van der Waals surface area contributed by atoms with E-state index in [0.29, 0.717) is 25.7 Å². The first-order valence-corrected chi connectivity index (χ1v) is 7.62. The zero-order valence-corrected chi connectivity index (χ0v) is 13.3. The highest BCUT2D eigenvalue weighted by atomic mass is 16.5. The average molecular weight is 279 g/mol. The Morgan fingerprint density at radius 1 is 1.05 bits per heavy atom. The Hall–Kier alpha value is -0.900. The van der Waals surface area contributed by atoms with E-state index in [0.717, 1.165) is 13.1 Å². The van der Waals surface area contributed by atoms with Crippen LogP contribution < -0.4 is 5.32 Å². The van der Waals surface area contributed by atoms with E-state index < -0.39 is 0 Å². The third-order valence-corrected chi connectivity index (χ3v) is 3.20. The molecule has 1 N–H and O–H groups in total. The SMILES string of the molecule is CCNCC(C)c1ccc(COCCOC(C)C)cc1. The fourth-order valence-corrected chi connectivity index (χ4v) is 1.95. The number of hydrogen-bond acceptors (Lipinski definition) is 3. The van der Waals surface area contributed by atoms with Gasteiger partial charge in [-0.2, -0.15) is 0 Å². The van der Waals surface area contributed by atoms with Gasteiger partial charge in [-0.05, 0) is 37.4 Å². The number of rotatable bonds is 10. The quantitative estimate of drug-likeness (QED) is 0.666. The number of likely N-dealkylation sites (N-methyl/N-ethyl adjacent to an activating group) is 1. The van der Waals surface area contributed by atoms with Crippen LogP contribution in [0.2, 0.25) is 0 Å². The molecule has 0 bridgehead atoms. The molecule has 0 fully saturated rings. The van der Waals surface area contributed by atoms with Gasteiger partial charge in [0, 0.05) is 6.54 Å². The monoisotopic (exact) mass is 279 g/mol. The molecule has 0 aliphatic rings. The lowest BCUT2D eigenvalue weighted by molar-refractivity contribution is 0.0143. The first kappa shape index (κ1) is 17.2. The minimum absolute atomic E-state index is 0.274. The van der Waals surface area contributed by atoms with Crippen LogP contribution in [0.4, 0.5) is 0 Å². The van der Waals surface area contributed by atoms with E-state index in [9.17, 15) is 0 Å². The van der Waals surface area contributed by atoms with Crippen LogP contribution in [0.3, 0.4) is 0 Å². The van der Waals surface area contributed by atoms with Gasteiger partial charge < -0.3 is 14.8 Å². The van der Waals surface area contributed by atoms with E-state index in [4.69, 9.17) is 9.47 Å². The summed E-state index contributed by atoms with van der Waals surface area (Å²) in [5.41, 5.74) is 2.59. The average Bonchev–Trinajstić information content (AvgIpc) is 2.44. The van der Waals surface area contributed by atoms with Crippen molar-refractivity contribution in [2.75, 3.05) is 26.3 Å². The Kier molecular flexibility index (Phi) is 8.51. The van der Waals surface area contributed by atoms with Crippen molar-refractivity contribution in [1.82, 2.24) is 5.32 Å². The Balaban J connectivity index is 2.28. The second kappa shape index (κ2) is 9.92. The van der Waals surface area contributed by atoms with Crippen molar-refractivity contribution >= 4 is 0 Å². The molecule has 0 radical (unpaired) electrons. The van der Waals surface area contributed by atoms with Crippen molar-refractivity contribution in [3.8, 4) is 0 Å². The van der Waals surface area contributed by atoms with Gasteiger partial charge >= 0.3 is 0 Å². The van der Waals surface area contributed by atoms with Crippen LogP contribution >= 0.6 is 0 Å². The molecule has 0 saturated heterocycles. The molecule has 1 aromatic carbocycles. The van der Waals surface area contributed by atoms with Crippen LogP contribution in [-0.4, -0.2) is 32.4 Å². The van der Waals surface area contributed by atoms with Gasteiger partial charge in [-0.3, -0.25) is 0 Å². The van der Waals surface area contributed by atoms with Crippen molar-refractivity contribution in [2.45, 2.75) is 46.3 Å². The minimum Gasteiger partial charge on any atom is -0.376 e. The number of hydrogen-bond donors (Lipinski definition) is 1. The zero-order chi connectivity index (χ0) is 14.8. The smallest absolute Gasteiger partial charge is 0.0718 e. The van der Waals surface area contributed by atoms with Crippen molar-refractivity contribution in [1.29, 1.82) is 0 Å². The summed E-state index contributed by atoms with van der Waals surface area (Å²) in [4.78, 5) is 0. The molecule has 0 saturated carbocycles. The van der Waals surface area contributed by atoms with Gasteiger partial charge in [0.1, 0.15) is 0 Å². The number of ether oxygens (including phenoxy) is 2. The highest BCUT2D eigenvalue weighted by Crippen LogP contribution is 2.15. The molecule has 3 heteroatoms. The standard InChI is InChI=1S/C17H29NO2/c1-5-18-12-15(4)17-8-6-16(7-9-17)13-19-10-11-20-14(2)3/h6-9,14-15,18H,5,10-13H2,1-4H3. The first-order valence-electron chi connectivity index (χ1n) is 7.62. The van der Waals surface area contributed by atoms with E-state index in [-0.39, 0.29) is 6.10 Å². The lowest BCUT2D eigenvalue weighted by Gasteiger charge is -2.13. The Bertz CT molecular complexity index is 349. The van der Waals surface area contributed by atoms with E-state index in [2.05, 4.69) is 43.4 Å². The number of nitrogens with one attached hydrogen (secondary N) is 1. The first-order chi connectivity index (χ1) is 9.63. The summed E-state index contributed by atoms with van der Waals surface area (Å²) in [6, 6.07) is 8.71. The van der Waals surface area contributed by atoms with Gasteiger partial charge in [0.15, 0.2) is 0 Å². The molecular weight excluding hydrogens is 250 g/mol. The minimum atomic E-state index is 0.274. The summed E-state index contributed by atoms with van der Waals surface area (Å²) in [5.74, 6) is 0.546. The molecule has 0 amide bonds. The maximum atomic E-state index is 5.60. The van der Waals surface area contributed by atoms with Crippen LogP contribution in [0.25, 0.3) is 0 Å². The van der Waals surface area contributed by atoms with Crippen LogP contribution in [0.15, 0.2) is 24.3 Å². The van der Waals surface area contributed by atoms with Crippen molar-refractivity contribution in [3.05, 3.63) is 35.4 Å². The molecule has 20 heavy (non-hydrogen) atoms. The van der Waals surface area contributed by atoms with E-state index in [1.807, 2.05) is 13.8 Å². The highest BCUT2D eigenvalue weighted by Gasteiger charge is 2.04. The van der Waals surface area contributed by atoms with E-state index in [1.54, 1.807) is 0 Å². The zero-order valence-electron chi connectivity index (χ0n) is 13.3. The normalized spacial score (nSPS) is 12.8. The van der Waals surface area contributed by atoms with E-state index in [1.165, 1.54) is 11.1 Å². The predicted octanol–water partition coefficient (Wildman–Crippen LogP) is 3.34. The van der Waals surface area contributed by atoms with Crippen LogP contribution in [-0.2, 0) is 16.1 Å². The summed E-state index contributed by atoms with van der Waals surface area (Å²) >= 11 is 0. The van der Waals surface area contributed by atoms with Crippen LogP contribution in [0.1, 0.15) is 44.7 Å². The van der Waals surface area contributed by atoms with E-state index >= 15 is 0 Å². The molecule has 114 valence electrons. The van der Waals surface area contributed by atoms with Gasteiger partial charge in [0.05, 0.1) is 25.9 Å². The highest BCUT2D eigenvalue weighted by molar-refractivity contribution is 5.24. The molecule has 0 spiro atoms. The van der Waals surface area contributed by atoms with Gasteiger partial charge in [0.25, 0.3) is 0 Å². The third-order valence-electron chi connectivity index (χ3n) is 3.20. The van der Waals surface area contributed by atoms with Crippen LogP contribution in [0.5, 0.6) is 0 Å². The number of benzene rings is 1. The topological polar surface area (TPSA) is 30.5 Å². The van der Waals surface area contributed by atoms with Crippen molar-refractivity contribution in [2.24, 2.45) is 0 Å². The molecule has 0 heterocycles. The maximum absolute atomic E-state index is 5.60. The summed E-state index contributed by atoms with van der Waals surface area (Å²) < 4.78 is 11.0. The van der Waals surface area contributed by atoms with Gasteiger partial charge in [0.2, 0.25) is 0 Å². The fraction of sp³-hybridized carbons (Fsp3) is 0.647. The lowest BCUT2D eigenvalue weighted by atomic mass is 10.00. The lowest BCUT2D eigenvalue weighted by Crippen LogP contribution is -2.19. The maximum Gasteiger partial charge on any atom is 0.0718 e. The molecule has 1 aromatic rings. The summed E-state index contributed by atoms with van der Waals surface area (Å²) in [6.45, 7) is 12.5. The molecule has 1 atom stereocenters. The van der Waals surface area contributed by atoms with Crippen molar-refractivity contribution in [3.63, 3.8) is 0 Å². The fourth-order valence-electron chi connectivity index (χ4n) is 1.95. The second-order valence-electron chi connectivity index (χ2n) is 5.42. The second-order valence-corrected chi connectivity index (χ2v) is 5.42. The molecule has 0 aliphatic heterocycles. The molecule has 0 aromatic heterocycles. The summed E-state index contributed by atoms with van der Waals surface area (Å²) in [5, 5.41) is 3.38. The molecule has 1 rings (SSSR count). The van der Waals surface area contributed by atoms with Crippen molar-refractivity contribution < 1.29 is 9.47 Å². The Labute approximate surface area is 123 Å². The molecule has 1 unspecified atom stereocenters. The molecular formula is C17H29NO2. The Morgan fingerprint density at radius 2 is 1.75 bits per heavy atom. The largest absolute Gasteiger partial charge is 0.376 e. The molecule has 3 nitrogen and oxygen atoms in total. The summed E-state index contributed by atoms with van der Waals surface area (Å²) in [7, 11) is 0. The molecule has 0 aliphatic carbocycles. The van der Waals surface area contributed by atoms with Gasteiger partial charge in [-0.25, -0.2) is 0 Å². The Morgan fingerprint density at radius 3 is 2.35 bits per heavy atom. The van der Waals surface area contributed by atoms with Gasteiger partial charge in [-0.1, -0.05) is 38.1 Å². The summed E-state index contributed by atoms with van der Waals surface area (Å²) in [6.07, 6.45) is 0.274. The predicted molar refractivity (Wildman–Crippen MR) is 84.1 cm³/mol. The van der Waals surface area contributed by atoms with Gasteiger partial charge in [-0.15, -0.1) is 0 Å². The third kappa shape index (κ3) is 7.04. The van der Waals surface area contributed by atoms with Crippen LogP contribution in [0, 0.1) is 0 Å².